The van der Waals surface area contributed by atoms with Crippen molar-refractivity contribution in [1.82, 2.24) is 0 Å². The summed E-state index contributed by atoms with van der Waals surface area (Å²) in [6.45, 7) is 11.6. The summed E-state index contributed by atoms with van der Waals surface area (Å²) in [6.07, 6.45) is 30.8. The van der Waals surface area contributed by atoms with Crippen LogP contribution in [0.1, 0.15) is 174 Å². The maximum atomic E-state index is 13.3. The molecule has 0 N–H and O–H groups in total. The Morgan fingerprint density at radius 1 is 0.489 bits per heavy atom. The van der Waals surface area contributed by atoms with E-state index in [0.29, 0.717) is 23.0 Å². The molecule has 6 aliphatic carbocycles. The van der Waals surface area contributed by atoms with Gasteiger partial charge in [0.2, 0.25) is 0 Å². The maximum absolute atomic E-state index is 13.3. The average molecular weight is 621 g/mol. The van der Waals surface area contributed by atoms with Crippen molar-refractivity contribution in [3.05, 3.63) is 24.3 Å². The lowest BCUT2D eigenvalue weighted by Gasteiger charge is -2.59. The normalized spacial score (nSPS) is 38.9. The fraction of sp³-hybridized carbons (Fsp3) is 0.854. The molecule has 6 rings (SSSR count). The first kappa shape index (κ1) is 33.3. The minimum atomic E-state index is -0.304. The van der Waals surface area contributed by atoms with Crippen molar-refractivity contribution in [1.29, 1.82) is 0 Å². The molecule has 4 heteroatoms. The van der Waals surface area contributed by atoms with Crippen LogP contribution in [0.5, 0.6) is 0 Å². The van der Waals surface area contributed by atoms with E-state index in [2.05, 4.69) is 13.2 Å². The molecular weight excluding hydrogens is 556 g/mol. The van der Waals surface area contributed by atoms with E-state index in [4.69, 9.17) is 9.47 Å². The fourth-order valence-electron chi connectivity index (χ4n) is 12.6. The largest absolute Gasteiger partial charge is 0.455 e. The van der Waals surface area contributed by atoms with Gasteiger partial charge in [0.15, 0.2) is 0 Å². The Hall–Kier alpha value is -1.58. The molecule has 6 saturated carbocycles. The van der Waals surface area contributed by atoms with Crippen molar-refractivity contribution in [2.45, 2.75) is 186 Å². The summed E-state index contributed by atoms with van der Waals surface area (Å²) in [6, 6.07) is 0. The SMILES string of the molecule is C=C(C)C(=O)OC1(C2CCCCC2)CCCCC12CCC(C1CCC(C3(OC(=O)C(=C)C)CCCCC34CCCCC4)C1)CC2. The number of carbonyl (C=O) groups excluding carboxylic acids is 2. The molecule has 2 spiro atoms. The highest BCUT2D eigenvalue weighted by Gasteiger charge is 2.62. The Bertz CT molecular complexity index is 1090. The lowest BCUT2D eigenvalue weighted by atomic mass is 9.50. The highest BCUT2D eigenvalue weighted by Crippen LogP contribution is 2.65. The Kier molecular flexibility index (Phi) is 10.00. The molecule has 0 amide bonds. The van der Waals surface area contributed by atoms with Crippen LogP contribution in [0.2, 0.25) is 0 Å². The smallest absolute Gasteiger partial charge is 0.333 e. The van der Waals surface area contributed by atoms with Crippen LogP contribution in [0.4, 0.5) is 0 Å². The number of esters is 2. The van der Waals surface area contributed by atoms with Crippen molar-refractivity contribution >= 4 is 11.9 Å². The zero-order valence-electron chi connectivity index (χ0n) is 29.0. The second-order valence-electron chi connectivity index (χ2n) is 17.1. The minimum Gasteiger partial charge on any atom is -0.455 e. The predicted molar refractivity (Wildman–Crippen MR) is 182 cm³/mol. The molecule has 6 fully saturated rings. The topological polar surface area (TPSA) is 52.6 Å². The molecule has 0 aliphatic heterocycles. The van der Waals surface area contributed by atoms with Crippen LogP contribution in [0, 0.1) is 34.5 Å². The molecule has 4 nitrogen and oxygen atoms in total. The molecule has 0 bridgehead atoms. The fourth-order valence-corrected chi connectivity index (χ4v) is 12.6. The van der Waals surface area contributed by atoms with Gasteiger partial charge >= 0.3 is 11.9 Å². The van der Waals surface area contributed by atoms with E-state index in [-0.39, 0.29) is 34.0 Å². The molecule has 4 atom stereocenters. The summed E-state index contributed by atoms with van der Waals surface area (Å²) >= 11 is 0. The molecule has 252 valence electrons. The van der Waals surface area contributed by atoms with Gasteiger partial charge in [-0.3, -0.25) is 0 Å². The average Bonchev–Trinajstić information content (AvgIpc) is 3.55. The van der Waals surface area contributed by atoms with E-state index in [9.17, 15) is 9.59 Å². The molecule has 6 aliphatic rings. The first-order valence-electron chi connectivity index (χ1n) is 19.4. The summed E-state index contributed by atoms with van der Waals surface area (Å²) in [7, 11) is 0. The highest BCUT2D eigenvalue weighted by molar-refractivity contribution is 5.87. The van der Waals surface area contributed by atoms with E-state index in [1.807, 2.05) is 13.8 Å². The van der Waals surface area contributed by atoms with Crippen LogP contribution in [0.3, 0.4) is 0 Å². The molecule has 0 saturated heterocycles. The second kappa shape index (κ2) is 13.5. The van der Waals surface area contributed by atoms with E-state index in [1.165, 1.54) is 148 Å². The van der Waals surface area contributed by atoms with Crippen LogP contribution in [0.15, 0.2) is 24.3 Å². The molecule has 0 aromatic rings. The third-order valence-electron chi connectivity index (χ3n) is 14.8. The van der Waals surface area contributed by atoms with Crippen LogP contribution in [0.25, 0.3) is 0 Å². The standard InChI is InChI=1S/C41H64O4/c1-30(2)36(42)44-40(34-15-7-5-8-16-34)25-13-12-24-39(40)27-19-32(20-28-39)33-17-18-35(29-33)41(45-37(43)31(3)4)26-14-11-23-38(41)21-9-6-10-22-38/h32-35H,1,3,5-29H2,2,4H3. The van der Waals surface area contributed by atoms with Crippen molar-refractivity contribution < 1.29 is 19.1 Å². The minimum absolute atomic E-state index is 0.126. The molecule has 0 heterocycles. The summed E-state index contributed by atoms with van der Waals surface area (Å²) in [5.74, 6) is 2.15. The maximum Gasteiger partial charge on any atom is 0.333 e. The number of carbonyl (C=O) groups is 2. The van der Waals surface area contributed by atoms with Gasteiger partial charge in [0.1, 0.15) is 11.2 Å². The zero-order chi connectivity index (χ0) is 31.7. The Morgan fingerprint density at radius 2 is 0.933 bits per heavy atom. The van der Waals surface area contributed by atoms with Gasteiger partial charge in [-0.2, -0.15) is 0 Å². The monoisotopic (exact) mass is 620 g/mol. The van der Waals surface area contributed by atoms with Gasteiger partial charge in [-0.25, -0.2) is 9.59 Å². The summed E-state index contributed by atoms with van der Waals surface area (Å²) in [5.41, 5.74) is 0.792. The molecular formula is C41H64O4. The van der Waals surface area contributed by atoms with Gasteiger partial charge in [0.25, 0.3) is 0 Å². The Balaban J connectivity index is 1.21. The lowest BCUT2D eigenvalue weighted by Crippen LogP contribution is -2.60. The number of rotatable bonds is 7. The zero-order valence-corrected chi connectivity index (χ0v) is 29.0. The number of hydrogen-bond donors (Lipinski definition) is 0. The van der Waals surface area contributed by atoms with Gasteiger partial charge < -0.3 is 9.47 Å². The number of hydrogen-bond acceptors (Lipinski definition) is 4. The Morgan fingerprint density at radius 3 is 1.47 bits per heavy atom. The van der Waals surface area contributed by atoms with E-state index < -0.39 is 0 Å². The van der Waals surface area contributed by atoms with Gasteiger partial charge in [-0.15, -0.1) is 0 Å². The van der Waals surface area contributed by atoms with Crippen molar-refractivity contribution in [3.63, 3.8) is 0 Å². The lowest BCUT2D eigenvalue weighted by molar-refractivity contribution is -0.212. The Labute approximate surface area is 274 Å². The van der Waals surface area contributed by atoms with Crippen molar-refractivity contribution in [2.75, 3.05) is 0 Å². The van der Waals surface area contributed by atoms with Gasteiger partial charge in [-0.05, 0) is 147 Å². The van der Waals surface area contributed by atoms with Crippen molar-refractivity contribution in [3.8, 4) is 0 Å². The predicted octanol–water partition coefficient (Wildman–Crippen LogP) is 11.0. The van der Waals surface area contributed by atoms with Crippen LogP contribution >= 0.6 is 0 Å². The molecule has 0 radical (unpaired) electrons. The molecule has 45 heavy (non-hydrogen) atoms. The third kappa shape index (κ3) is 6.01. The first-order chi connectivity index (χ1) is 21.7. The summed E-state index contributed by atoms with van der Waals surface area (Å²) in [4.78, 5) is 26.6. The van der Waals surface area contributed by atoms with Crippen LogP contribution in [-0.4, -0.2) is 23.1 Å². The number of ether oxygens (including phenoxy) is 2. The molecule has 0 aromatic heterocycles. The van der Waals surface area contributed by atoms with Gasteiger partial charge in [0.05, 0.1) is 0 Å². The van der Waals surface area contributed by atoms with Crippen LogP contribution < -0.4 is 0 Å². The molecule has 4 unspecified atom stereocenters. The summed E-state index contributed by atoms with van der Waals surface area (Å²) < 4.78 is 13.6. The summed E-state index contributed by atoms with van der Waals surface area (Å²) in [5, 5.41) is 0. The quantitative estimate of drug-likeness (QED) is 0.210. The highest BCUT2D eigenvalue weighted by atomic mass is 16.6. The van der Waals surface area contributed by atoms with Gasteiger partial charge in [-0.1, -0.05) is 64.5 Å². The van der Waals surface area contributed by atoms with E-state index in [0.717, 1.165) is 24.7 Å². The third-order valence-corrected chi connectivity index (χ3v) is 14.8. The molecule has 0 aromatic carbocycles. The van der Waals surface area contributed by atoms with E-state index >= 15 is 0 Å². The first-order valence-corrected chi connectivity index (χ1v) is 19.4. The van der Waals surface area contributed by atoms with E-state index in [1.54, 1.807) is 0 Å². The van der Waals surface area contributed by atoms with Crippen molar-refractivity contribution in [2.24, 2.45) is 34.5 Å². The van der Waals surface area contributed by atoms with Gasteiger partial charge in [0, 0.05) is 22.0 Å². The van der Waals surface area contributed by atoms with Crippen LogP contribution in [-0.2, 0) is 19.1 Å². The second-order valence-corrected chi connectivity index (χ2v) is 17.1.